The molecule has 0 rings (SSSR count). The molecule has 0 aliphatic heterocycles. The normalized spacial score (nSPS) is 13.6. The Labute approximate surface area is 66.6 Å². The van der Waals surface area contributed by atoms with Gasteiger partial charge in [0, 0.05) is 6.42 Å². The Kier molecular flexibility index (Phi) is 3.06. The van der Waals surface area contributed by atoms with Crippen molar-refractivity contribution in [3.05, 3.63) is 0 Å². The zero-order chi connectivity index (χ0) is 9.07. The Morgan fingerprint density at radius 3 is 2.45 bits per heavy atom. The molecule has 0 saturated carbocycles. The van der Waals surface area contributed by atoms with E-state index in [1.807, 2.05) is 0 Å². The number of carbonyl (C=O) groups is 1. The standard InChI is InChI=1S/C8H13NO2/c1-6(4-7(10)11)8(2,3)5-9/h6H,4H2,1-3H3,(H,10,11)/t6-/m1/s1. The third kappa shape index (κ3) is 3.03. The number of aliphatic carboxylic acids is 1. The van der Waals surface area contributed by atoms with Gasteiger partial charge in [-0.25, -0.2) is 0 Å². The second kappa shape index (κ2) is 3.38. The first kappa shape index (κ1) is 9.96. The maximum absolute atomic E-state index is 10.3. The summed E-state index contributed by atoms with van der Waals surface area (Å²) in [5, 5.41) is 17.1. The quantitative estimate of drug-likeness (QED) is 0.674. The van der Waals surface area contributed by atoms with Gasteiger partial charge in [0.05, 0.1) is 11.5 Å². The predicted octanol–water partition coefficient (Wildman–Crippen LogP) is 1.65. The molecule has 0 aromatic rings. The van der Waals surface area contributed by atoms with Gasteiger partial charge in [-0.05, 0) is 19.8 Å². The van der Waals surface area contributed by atoms with Gasteiger partial charge in [0.1, 0.15) is 0 Å². The summed E-state index contributed by atoms with van der Waals surface area (Å²) in [7, 11) is 0. The van der Waals surface area contributed by atoms with Crippen LogP contribution in [0.4, 0.5) is 0 Å². The lowest BCUT2D eigenvalue weighted by atomic mass is 9.80. The SMILES string of the molecule is C[C@H](CC(=O)O)C(C)(C)C#N. The summed E-state index contributed by atoms with van der Waals surface area (Å²) in [5.41, 5.74) is -0.543. The monoisotopic (exact) mass is 155 g/mol. The van der Waals surface area contributed by atoms with E-state index in [4.69, 9.17) is 10.4 Å². The number of carboxylic acid groups (broad SMARTS) is 1. The average molecular weight is 155 g/mol. The van der Waals surface area contributed by atoms with Crippen molar-refractivity contribution in [3.8, 4) is 6.07 Å². The summed E-state index contributed by atoms with van der Waals surface area (Å²) < 4.78 is 0. The lowest BCUT2D eigenvalue weighted by Crippen LogP contribution is -2.21. The molecule has 1 atom stereocenters. The van der Waals surface area contributed by atoms with Gasteiger partial charge in [0.25, 0.3) is 0 Å². The maximum Gasteiger partial charge on any atom is 0.303 e. The minimum atomic E-state index is -0.846. The molecule has 1 N–H and O–H groups in total. The van der Waals surface area contributed by atoms with Crippen LogP contribution in [-0.2, 0) is 4.79 Å². The lowest BCUT2D eigenvalue weighted by molar-refractivity contribution is -0.138. The fourth-order valence-corrected chi connectivity index (χ4v) is 0.627. The molecule has 0 aromatic heterocycles. The van der Waals surface area contributed by atoms with Crippen LogP contribution in [0.1, 0.15) is 27.2 Å². The second-order valence-corrected chi connectivity index (χ2v) is 3.33. The van der Waals surface area contributed by atoms with Gasteiger partial charge in [0.2, 0.25) is 0 Å². The number of nitrogens with zero attached hydrogens (tertiary/aromatic N) is 1. The zero-order valence-corrected chi connectivity index (χ0v) is 7.09. The highest BCUT2D eigenvalue weighted by Gasteiger charge is 2.26. The maximum atomic E-state index is 10.3. The van der Waals surface area contributed by atoms with Crippen LogP contribution in [0.2, 0.25) is 0 Å². The summed E-state index contributed by atoms with van der Waals surface area (Å²) >= 11 is 0. The molecule has 0 aliphatic carbocycles. The molecule has 11 heavy (non-hydrogen) atoms. The fourth-order valence-electron chi connectivity index (χ4n) is 0.627. The van der Waals surface area contributed by atoms with Crippen molar-refractivity contribution in [2.45, 2.75) is 27.2 Å². The molecule has 0 saturated heterocycles. The van der Waals surface area contributed by atoms with E-state index in [0.29, 0.717) is 0 Å². The van der Waals surface area contributed by atoms with Gasteiger partial charge in [-0.2, -0.15) is 5.26 Å². The van der Waals surface area contributed by atoms with Crippen LogP contribution in [0.3, 0.4) is 0 Å². The lowest BCUT2D eigenvalue weighted by Gasteiger charge is -2.22. The molecular weight excluding hydrogens is 142 g/mol. The highest BCUT2D eigenvalue weighted by Crippen LogP contribution is 2.27. The second-order valence-electron chi connectivity index (χ2n) is 3.33. The molecule has 0 heterocycles. The average Bonchev–Trinajstić information content (AvgIpc) is 1.86. The van der Waals surface area contributed by atoms with E-state index in [1.54, 1.807) is 20.8 Å². The van der Waals surface area contributed by atoms with Crippen molar-refractivity contribution in [1.29, 1.82) is 5.26 Å². The van der Waals surface area contributed by atoms with Crippen LogP contribution < -0.4 is 0 Å². The molecule has 3 nitrogen and oxygen atoms in total. The molecule has 3 heteroatoms. The van der Waals surface area contributed by atoms with Gasteiger partial charge in [-0.3, -0.25) is 4.79 Å². The van der Waals surface area contributed by atoms with Crippen LogP contribution >= 0.6 is 0 Å². The first-order valence-corrected chi connectivity index (χ1v) is 3.53. The minimum Gasteiger partial charge on any atom is -0.481 e. The Morgan fingerprint density at radius 2 is 2.18 bits per heavy atom. The molecular formula is C8H13NO2. The van der Waals surface area contributed by atoms with E-state index in [9.17, 15) is 4.79 Å². The smallest absolute Gasteiger partial charge is 0.303 e. The number of hydrogen-bond acceptors (Lipinski definition) is 2. The van der Waals surface area contributed by atoms with E-state index in [1.165, 1.54) is 0 Å². The predicted molar refractivity (Wildman–Crippen MR) is 40.8 cm³/mol. The van der Waals surface area contributed by atoms with Crippen LogP contribution in [0.5, 0.6) is 0 Å². The van der Waals surface area contributed by atoms with Gasteiger partial charge in [-0.15, -0.1) is 0 Å². The van der Waals surface area contributed by atoms with Crippen molar-refractivity contribution in [1.82, 2.24) is 0 Å². The summed E-state index contributed by atoms with van der Waals surface area (Å²) in [5.74, 6) is -0.953. The molecule has 0 radical (unpaired) electrons. The minimum absolute atomic E-state index is 0.0561. The first-order valence-electron chi connectivity index (χ1n) is 3.53. The van der Waals surface area contributed by atoms with E-state index in [-0.39, 0.29) is 12.3 Å². The zero-order valence-electron chi connectivity index (χ0n) is 7.09. The molecule has 0 aromatic carbocycles. The van der Waals surface area contributed by atoms with Crippen LogP contribution in [0, 0.1) is 22.7 Å². The van der Waals surface area contributed by atoms with E-state index < -0.39 is 11.4 Å². The molecule has 0 bridgehead atoms. The molecule has 0 fully saturated rings. The van der Waals surface area contributed by atoms with Gasteiger partial charge in [-0.1, -0.05) is 6.92 Å². The van der Waals surface area contributed by atoms with E-state index >= 15 is 0 Å². The number of hydrogen-bond donors (Lipinski definition) is 1. The Balaban J connectivity index is 4.15. The van der Waals surface area contributed by atoms with Crippen LogP contribution in [0.15, 0.2) is 0 Å². The summed E-state index contributed by atoms with van der Waals surface area (Å²) in [6, 6.07) is 2.08. The van der Waals surface area contributed by atoms with Gasteiger partial charge in [0.15, 0.2) is 0 Å². The number of carboxylic acids is 1. The Morgan fingerprint density at radius 1 is 1.73 bits per heavy atom. The summed E-state index contributed by atoms with van der Waals surface area (Å²) in [6.07, 6.45) is 0.0561. The summed E-state index contributed by atoms with van der Waals surface area (Å²) in [6.45, 7) is 5.28. The third-order valence-corrected chi connectivity index (χ3v) is 2.00. The van der Waals surface area contributed by atoms with Gasteiger partial charge < -0.3 is 5.11 Å². The van der Waals surface area contributed by atoms with Crippen LogP contribution in [0.25, 0.3) is 0 Å². The summed E-state index contributed by atoms with van der Waals surface area (Å²) in [4.78, 5) is 10.3. The van der Waals surface area contributed by atoms with Crippen molar-refractivity contribution in [2.75, 3.05) is 0 Å². The largest absolute Gasteiger partial charge is 0.481 e. The van der Waals surface area contributed by atoms with Crippen LogP contribution in [-0.4, -0.2) is 11.1 Å². The van der Waals surface area contributed by atoms with Crippen molar-refractivity contribution in [3.63, 3.8) is 0 Å². The Bertz CT molecular complexity index is 191. The van der Waals surface area contributed by atoms with E-state index in [0.717, 1.165) is 0 Å². The third-order valence-electron chi connectivity index (χ3n) is 2.00. The fraction of sp³-hybridized carbons (Fsp3) is 0.750. The van der Waals surface area contributed by atoms with Gasteiger partial charge >= 0.3 is 5.97 Å². The highest BCUT2D eigenvalue weighted by atomic mass is 16.4. The molecule has 0 aliphatic rings. The van der Waals surface area contributed by atoms with Crippen molar-refractivity contribution in [2.24, 2.45) is 11.3 Å². The first-order chi connectivity index (χ1) is 4.90. The van der Waals surface area contributed by atoms with E-state index in [2.05, 4.69) is 6.07 Å². The molecule has 0 amide bonds. The topological polar surface area (TPSA) is 61.1 Å². The number of nitriles is 1. The molecule has 0 unspecified atom stereocenters. The van der Waals surface area contributed by atoms with Crippen molar-refractivity contribution >= 4 is 5.97 Å². The Hall–Kier alpha value is -1.04. The number of rotatable bonds is 3. The molecule has 62 valence electrons. The van der Waals surface area contributed by atoms with Crippen molar-refractivity contribution < 1.29 is 9.90 Å². The molecule has 0 spiro atoms. The highest BCUT2D eigenvalue weighted by molar-refractivity contribution is 5.67.